The summed E-state index contributed by atoms with van der Waals surface area (Å²) in [4.78, 5) is 58.7. The number of para-hydroxylation sites is 2. The second kappa shape index (κ2) is 9.81. The van der Waals surface area contributed by atoms with Crippen molar-refractivity contribution < 1.29 is 23.9 Å². The Morgan fingerprint density at radius 2 is 1.73 bits per heavy atom. The maximum Gasteiger partial charge on any atom is 0.305 e. The average Bonchev–Trinajstić information content (AvgIpc) is 3.42. The van der Waals surface area contributed by atoms with Crippen molar-refractivity contribution in [2.24, 2.45) is 5.92 Å². The Kier molecular flexibility index (Phi) is 6.35. The molecule has 3 unspecified atom stereocenters. The van der Waals surface area contributed by atoms with E-state index in [2.05, 4.69) is 4.98 Å². The second-order valence-electron chi connectivity index (χ2n) is 8.92. The van der Waals surface area contributed by atoms with E-state index in [-0.39, 0.29) is 29.2 Å². The van der Waals surface area contributed by atoms with E-state index in [4.69, 9.17) is 9.47 Å². The molecular weight excluding hydrogens is 514 g/mol. The third-order valence-corrected chi connectivity index (χ3v) is 9.21. The number of carbonyl (C=O) groups is 3. The maximum absolute atomic E-state index is 13.8. The van der Waals surface area contributed by atoms with Crippen molar-refractivity contribution in [1.29, 1.82) is 0 Å². The number of carbonyl (C=O) groups excluding carboxylic acids is 3. The van der Waals surface area contributed by atoms with Gasteiger partial charge in [-0.3, -0.25) is 19.2 Å². The van der Waals surface area contributed by atoms with Crippen molar-refractivity contribution in [2.75, 3.05) is 37.8 Å². The van der Waals surface area contributed by atoms with Gasteiger partial charge in [-0.05, 0) is 18.2 Å². The van der Waals surface area contributed by atoms with E-state index in [0.29, 0.717) is 53.2 Å². The second-order valence-corrected chi connectivity index (χ2v) is 11.1. The minimum Gasteiger partial charge on any atom is -0.483 e. The number of nitrogens with one attached hydrogen (secondary N) is 1. The zero-order chi connectivity index (χ0) is 25.5. The Morgan fingerprint density at radius 3 is 2.51 bits per heavy atom. The number of ether oxygens (including phenoxy) is 2. The van der Waals surface area contributed by atoms with Crippen LogP contribution in [-0.4, -0.2) is 65.8 Å². The van der Waals surface area contributed by atoms with Gasteiger partial charge in [0.05, 0.1) is 29.8 Å². The quantitative estimate of drug-likeness (QED) is 0.498. The molecule has 0 bridgehead atoms. The van der Waals surface area contributed by atoms with Crippen LogP contribution in [0.1, 0.15) is 16.4 Å². The number of aromatic nitrogens is 1. The Morgan fingerprint density at radius 1 is 1.00 bits per heavy atom. The zero-order valence-electron chi connectivity index (χ0n) is 19.6. The molecule has 37 heavy (non-hydrogen) atoms. The predicted octanol–water partition coefficient (Wildman–Crippen LogP) is 2.47. The van der Waals surface area contributed by atoms with Gasteiger partial charge in [0.2, 0.25) is 11.8 Å². The molecule has 0 aliphatic carbocycles. The third-order valence-electron chi connectivity index (χ3n) is 6.81. The van der Waals surface area contributed by atoms with Crippen LogP contribution < -0.4 is 14.5 Å². The number of hydrogen-bond acceptors (Lipinski definition) is 8. The van der Waals surface area contributed by atoms with Crippen molar-refractivity contribution in [1.82, 2.24) is 9.88 Å². The van der Waals surface area contributed by atoms with Crippen molar-refractivity contribution in [2.45, 2.75) is 16.2 Å². The van der Waals surface area contributed by atoms with E-state index < -0.39 is 17.1 Å². The molecule has 6 rings (SSSR count). The van der Waals surface area contributed by atoms with Crippen molar-refractivity contribution in [3.8, 4) is 5.75 Å². The lowest BCUT2D eigenvalue weighted by atomic mass is 9.82. The number of nitrogens with zero attached hydrogens (tertiary/aromatic N) is 2. The minimum atomic E-state index is -0.726. The first-order valence-corrected chi connectivity index (χ1v) is 13.6. The Balaban J connectivity index is 1.37. The van der Waals surface area contributed by atoms with Crippen LogP contribution in [0.5, 0.6) is 5.75 Å². The first-order chi connectivity index (χ1) is 18.0. The van der Waals surface area contributed by atoms with Crippen LogP contribution in [0.3, 0.4) is 0 Å². The van der Waals surface area contributed by atoms with Crippen LogP contribution >= 0.6 is 23.1 Å². The zero-order valence-corrected chi connectivity index (χ0v) is 21.3. The van der Waals surface area contributed by atoms with Crippen LogP contribution in [-0.2, 0) is 19.1 Å². The van der Waals surface area contributed by atoms with Gasteiger partial charge < -0.3 is 19.4 Å². The molecule has 0 radical (unpaired) electrons. The fourth-order valence-electron chi connectivity index (χ4n) is 5.10. The lowest BCUT2D eigenvalue weighted by molar-refractivity contribution is -0.137. The van der Waals surface area contributed by atoms with Gasteiger partial charge in [-0.15, -0.1) is 0 Å². The standard InChI is InChI=1S/C26H23N3O6S2/c30-18(28-10-12-34-13-11-28)14-35-17-9-5-4-8-16(17)19-20-22(36-23-21(19)37-26(33)27-23)25(32)29(24(20)31)15-6-2-1-3-7-15/h1-9,19-20,22H,10-14H2,(H,27,33). The highest BCUT2D eigenvalue weighted by molar-refractivity contribution is 8.00. The van der Waals surface area contributed by atoms with E-state index in [1.165, 1.54) is 16.7 Å². The summed E-state index contributed by atoms with van der Waals surface area (Å²) in [6.45, 7) is 1.86. The number of imide groups is 1. The van der Waals surface area contributed by atoms with E-state index in [9.17, 15) is 19.2 Å². The van der Waals surface area contributed by atoms with Crippen molar-refractivity contribution in [3.05, 3.63) is 74.7 Å². The van der Waals surface area contributed by atoms with Crippen LogP contribution in [0, 0.1) is 5.92 Å². The topological polar surface area (TPSA) is 109 Å². The molecule has 2 aromatic carbocycles. The molecule has 190 valence electrons. The molecule has 11 heteroatoms. The molecule has 0 saturated carbocycles. The van der Waals surface area contributed by atoms with Gasteiger partial charge in [0.1, 0.15) is 11.0 Å². The van der Waals surface area contributed by atoms with Crippen molar-refractivity contribution >= 4 is 46.5 Å². The Bertz CT molecular complexity index is 1410. The number of aromatic amines is 1. The minimum absolute atomic E-state index is 0.149. The number of anilines is 1. The maximum atomic E-state index is 13.8. The summed E-state index contributed by atoms with van der Waals surface area (Å²) in [6.07, 6.45) is 0. The first kappa shape index (κ1) is 24.0. The van der Waals surface area contributed by atoms with Gasteiger partial charge in [-0.1, -0.05) is 59.5 Å². The van der Waals surface area contributed by atoms with Crippen molar-refractivity contribution in [3.63, 3.8) is 0 Å². The number of morpholine rings is 1. The molecule has 3 amide bonds. The van der Waals surface area contributed by atoms with Crippen LogP contribution in [0.2, 0.25) is 0 Å². The van der Waals surface area contributed by atoms with Gasteiger partial charge in [0.25, 0.3) is 5.91 Å². The van der Waals surface area contributed by atoms with Gasteiger partial charge in [0, 0.05) is 29.4 Å². The molecule has 4 heterocycles. The number of rotatable bonds is 5. The summed E-state index contributed by atoms with van der Waals surface area (Å²) in [6, 6.07) is 16.1. The number of benzene rings is 2. The molecule has 2 saturated heterocycles. The smallest absolute Gasteiger partial charge is 0.305 e. The summed E-state index contributed by atoms with van der Waals surface area (Å²) >= 11 is 2.27. The number of H-pyrrole nitrogens is 1. The molecule has 9 nitrogen and oxygen atoms in total. The summed E-state index contributed by atoms with van der Waals surface area (Å²) in [5, 5.41) is -0.102. The lowest BCUT2D eigenvalue weighted by Gasteiger charge is -2.31. The molecule has 3 aliphatic heterocycles. The Hall–Kier alpha value is -3.41. The fraction of sp³-hybridized carbons (Fsp3) is 0.308. The highest BCUT2D eigenvalue weighted by atomic mass is 32.2. The largest absolute Gasteiger partial charge is 0.483 e. The fourth-order valence-corrected chi connectivity index (χ4v) is 7.60. The van der Waals surface area contributed by atoms with Gasteiger partial charge in [-0.2, -0.15) is 0 Å². The molecule has 3 atom stereocenters. The molecule has 3 aliphatic rings. The molecule has 0 spiro atoms. The number of hydrogen-bond donors (Lipinski definition) is 1. The van der Waals surface area contributed by atoms with E-state index in [1.54, 1.807) is 41.3 Å². The number of thioether (sulfide) groups is 1. The lowest BCUT2D eigenvalue weighted by Crippen LogP contribution is -2.43. The van der Waals surface area contributed by atoms with Gasteiger partial charge >= 0.3 is 4.87 Å². The molecule has 1 aromatic heterocycles. The first-order valence-electron chi connectivity index (χ1n) is 11.9. The monoisotopic (exact) mass is 537 g/mol. The number of fused-ring (bicyclic) bond motifs is 2. The summed E-state index contributed by atoms with van der Waals surface area (Å²) in [5.41, 5.74) is 1.18. The molecular formula is C26H23N3O6S2. The van der Waals surface area contributed by atoms with Gasteiger partial charge in [-0.25, -0.2) is 4.90 Å². The highest BCUT2D eigenvalue weighted by Gasteiger charge is 2.56. The summed E-state index contributed by atoms with van der Waals surface area (Å²) in [5.74, 6) is -1.63. The molecule has 3 aromatic rings. The summed E-state index contributed by atoms with van der Waals surface area (Å²) in [7, 11) is 0. The van der Waals surface area contributed by atoms with E-state index in [0.717, 1.165) is 11.3 Å². The van der Waals surface area contributed by atoms with Crippen LogP contribution in [0.25, 0.3) is 0 Å². The third kappa shape index (κ3) is 4.26. The Labute approximate surface area is 220 Å². The normalized spacial score (nSPS) is 23.1. The SMILES string of the molecule is O=C(COc1ccccc1C1c2sc(=O)[nH]c2SC2C(=O)N(c3ccccc3)C(=O)C21)N1CCOCC1. The predicted molar refractivity (Wildman–Crippen MR) is 138 cm³/mol. The average molecular weight is 538 g/mol. The van der Waals surface area contributed by atoms with Crippen LogP contribution in [0.4, 0.5) is 5.69 Å². The van der Waals surface area contributed by atoms with E-state index >= 15 is 0 Å². The molecule has 2 fully saturated rings. The van der Waals surface area contributed by atoms with E-state index in [1.807, 2.05) is 18.2 Å². The molecule has 1 N–H and O–H groups in total. The number of amides is 3. The highest BCUT2D eigenvalue weighted by Crippen LogP contribution is 2.54. The van der Waals surface area contributed by atoms with Gasteiger partial charge in [0.15, 0.2) is 6.61 Å². The summed E-state index contributed by atoms with van der Waals surface area (Å²) < 4.78 is 11.3. The number of thiazole rings is 1. The van der Waals surface area contributed by atoms with Crippen LogP contribution in [0.15, 0.2) is 64.4 Å².